The molecule has 1 N–H and O–H groups in total. The van der Waals surface area contributed by atoms with Gasteiger partial charge in [0.05, 0.1) is 12.1 Å². The fourth-order valence-corrected chi connectivity index (χ4v) is 1.58. The minimum atomic E-state index is -0.297. The van der Waals surface area contributed by atoms with Crippen molar-refractivity contribution in [2.75, 3.05) is 6.54 Å². The maximum Gasteiger partial charge on any atom is 0.317 e. The lowest BCUT2D eigenvalue weighted by Crippen LogP contribution is -2.49. The van der Waals surface area contributed by atoms with Gasteiger partial charge in [-0.05, 0) is 12.1 Å². The molecular formula is C11H12N2O2. The number of amides is 1. The lowest BCUT2D eigenvalue weighted by atomic mass is 10.1. The summed E-state index contributed by atoms with van der Waals surface area (Å²) in [5.41, 5.74) is 0.867. The number of rotatable bonds is 1. The first-order chi connectivity index (χ1) is 7.20. The van der Waals surface area contributed by atoms with Crippen molar-refractivity contribution in [1.82, 2.24) is 5.32 Å². The standard InChI is InChI=1S/C11H12N2O2/c1-8-7-12-11(14)10(13(8)15)9-5-3-2-4-6-9/h2-6,8H,7H2,1H3,(H,12,14). The lowest BCUT2D eigenvalue weighted by molar-refractivity contribution is -0.495. The number of nitrogens with one attached hydrogen (secondary N) is 1. The van der Waals surface area contributed by atoms with E-state index < -0.39 is 0 Å². The van der Waals surface area contributed by atoms with Gasteiger partial charge in [0.25, 0.3) is 5.71 Å². The third-order valence-corrected chi connectivity index (χ3v) is 2.44. The average Bonchev–Trinajstić information content (AvgIpc) is 2.26. The molecule has 0 spiro atoms. The Kier molecular flexibility index (Phi) is 2.41. The molecule has 1 amide bonds. The Balaban J connectivity index is 2.50. The number of carbonyl (C=O) groups excluding carboxylic acids is 1. The van der Waals surface area contributed by atoms with Crippen LogP contribution < -0.4 is 5.32 Å². The van der Waals surface area contributed by atoms with Crippen LogP contribution in [-0.4, -0.2) is 28.9 Å². The summed E-state index contributed by atoms with van der Waals surface area (Å²) in [6, 6.07) is 8.78. The molecule has 15 heavy (non-hydrogen) atoms. The predicted octanol–water partition coefficient (Wildman–Crippen LogP) is 0.504. The summed E-state index contributed by atoms with van der Waals surface area (Å²) in [6.45, 7) is 2.19. The molecule has 4 heteroatoms. The number of hydroxylamine groups is 1. The minimum absolute atomic E-state index is 0.203. The van der Waals surface area contributed by atoms with Gasteiger partial charge in [0, 0.05) is 6.92 Å². The zero-order valence-corrected chi connectivity index (χ0v) is 8.43. The second-order valence-corrected chi connectivity index (χ2v) is 3.60. The highest BCUT2D eigenvalue weighted by Gasteiger charge is 2.30. The zero-order valence-electron chi connectivity index (χ0n) is 8.43. The van der Waals surface area contributed by atoms with Gasteiger partial charge in [0.1, 0.15) is 0 Å². The van der Waals surface area contributed by atoms with Gasteiger partial charge in [-0.15, -0.1) is 0 Å². The summed E-state index contributed by atoms with van der Waals surface area (Å²) in [5, 5.41) is 14.4. The quantitative estimate of drug-likeness (QED) is 0.535. The van der Waals surface area contributed by atoms with E-state index >= 15 is 0 Å². The lowest BCUT2D eigenvalue weighted by Gasteiger charge is -2.21. The Hall–Kier alpha value is -1.84. The van der Waals surface area contributed by atoms with Crippen LogP contribution in [0.25, 0.3) is 0 Å². The van der Waals surface area contributed by atoms with Crippen molar-refractivity contribution in [3.05, 3.63) is 41.1 Å². The van der Waals surface area contributed by atoms with Crippen molar-refractivity contribution in [3.8, 4) is 0 Å². The molecule has 1 unspecified atom stereocenters. The van der Waals surface area contributed by atoms with Crippen LogP contribution in [0.5, 0.6) is 0 Å². The summed E-state index contributed by atoms with van der Waals surface area (Å²) in [5.74, 6) is -0.297. The van der Waals surface area contributed by atoms with Crippen LogP contribution in [0, 0.1) is 5.21 Å². The molecule has 2 rings (SSSR count). The molecule has 1 atom stereocenters. The molecule has 0 saturated heterocycles. The van der Waals surface area contributed by atoms with E-state index in [9.17, 15) is 10.0 Å². The predicted molar refractivity (Wildman–Crippen MR) is 56.7 cm³/mol. The Morgan fingerprint density at radius 3 is 2.73 bits per heavy atom. The third-order valence-electron chi connectivity index (χ3n) is 2.44. The minimum Gasteiger partial charge on any atom is -0.623 e. The van der Waals surface area contributed by atoms with E-state index in [1.54, 1.807) is 19.1 Å². The van der Waals surface area contributed by atoms with Gasteiger partial charge >= 0.3 is 5.91 Å². The van der Waals surface area contributed by atoms with E-state index in [0.717, 1.165) is 4.74 Å². The zero-order chi connectivity index (χ0) is 10.8. The maximum absolute atomic E-state index is 11.8. The largest absolute Gasteiger partial charge is 0.623 e. The maximum atomic E-state index is 11.8. The van der Waals surface area contributed by atoms with Gasteiger partial charge in [-0.3, -0.25) is 4.79 Å². The summed E-state index contributed by atoms with van der Waals surface area (Å²) < 4.78 is 0.786. The van der Waals surface area contributed by atoms with Gasteiger partial charge in [-0.2, -0.15) is 4.74 Å². The highest BCUT2D eigenvalue weighted by Crippen LogP contribution is 2.06. The highest BCUT2D eigenvalue weighted by atomic mass is 16.5. The van der Waals surface area contributed by atoms with E-state index in [2.05, 4.69) is 5.32 Å². The van der Waals surface area contributed by atoms with Crippen LogP contribution in [0.3, 0.4) is 0 Å². The fraction of sp³-hybridized carbons (Fsp3) is 0.273. The van der Waals surface area contributed by atoms with Crippen LogP contribution in [0.1, 0.15) is 12.5 Å². The summed E-state index contributed by atoms with van der Waals surface area (Å²) in [4.78, 5) is 11.6. The van der Waals surface area contributed by atoms with Gasteiger partial charge in [-0.1, -0.05) is 18.2 Å². The molecule has 0 bridgehead atoms. The van der Waals surface area contributed by atoms with Crippen molar-refractivity contribution in [3.63, 3.8) is 0 Å². The van der Waals surface area contributed by atoms with Crippen molar-refractivity contribution in [1.29, 1.82) is 0 Å². The second-order valence-electron chi connectivity index (χ2n) is 3.60. The Morgan fingerprint density at radius 2 is 2.07 bits per heavy atom. The molecule has 0 aliphatic carbocycles. The van der Waals surface area contributed by atoms with Gasteiger partial charge in [0.15, 0.2) is 6.04 Å². The van der Waals surface area contributed by atoms with Crippen LogP contribution >= 0.6 is 0 Å². The Labute approximate surface area is 87.8 Å². The first-order valence-electron chi connectivity index (χ1n) is 4.87. The van der Waals surface area contributed by atoms with Gasteiger partial charge in [-0.25, -0.2) is 0 Å². The highest BCUT2D eigenvalue weighted by molar-refractivity contribution is 6.43. The number of hydrogen-bond acceptors (Lipinski definition) is 2. The topological polar surface area (TPSA) is 55.2 Å². The van der Waals surface area contributed by atoms with E-state index in [1.165, 1.54) is 0 Å². The second kappa shape index (κ2) is 3.73. The number of benzene rings is 1. The summed E-state index contributed by atoms with van der Waals surface area (Å²) in [6.07, 6.45) is 0. The third kappa shape index (κ3) is 1.70. The first-order valence-corrected chi connectivity index (χ1v) is 4.87. The molecule has 1 aliphatic heterocycles. The van der Waals surface area contributed by atoms with Crippen molar-refractivity contribution in [2.45, 2.75) is 13.0 Å². The van der Waals surface area contributed by atoms with Gasteiger partial charge in [0.2, 0.25) is 0 Å². The summed E-state index contributed by atoms with van der Waals surface area (Å²) >= 11 is 0. The number of hydrogen-bond donors (Lipinski definition) is 1. The molecule has 1 heterocycles. The average molecular weight is 204 g/mol. The van der Waals surface area contributed by atoms with Gasteiger partial charge < -0.3 is 10.5 Å². The van der Waals surface area contributed by atoms with Crippen molar-refractivity contribution >= 4 is 11.6 Å². The van der Waals surface area contributed by atoms with Crippen molar-refractivity contribution in [2.24, 2.45) is 0 Å². The molecular weight excluding hydrogens is 192 g/mol. The molecule has 0 aromatic heterocycles. The molecule has 0 radical (unpaired) electrons. The molecule has 1 aromatic rings. The molecule has 1 aliphatic rings. The number of carbonyl (C=O) groups is 1. The Bertz CT molecular complexity index is 412. The Morgan fingerprint density at radius 1 is 1.40 bits per heavy atom. The van der Waals surface area contributed by atoms with Crippen LogP contribution in [0.4, 0.5) is 0 Å². The van der Waals surface area contributed by atoms with E-state index in [-0.39, 0.29) is 17.7 Å². The molecule has 78 valence electrons. The smallest absolute Gasteiger partial charge is 0.317 e. The molecule has 0 saturated carbocycles. The van der Waals surface area contributed by atoms with E-state index in [1.807, 2.05) is 18.2 Å². The van der Waals surface area contributed by atoms with E-state index in [0.29, 0.717) is 12.1 Å². The number of nitrogens with zero attached hydrogens (tertiary/aromatic N) is 1. The summed E-state index contributed by atoms with van der Waals surface area (Å²) in [7, 11) is 0. The molecule has 0 fully saturated rings. The molecule has 4 nitrogen and oxygen atoms in total. The van der Waals surface area contributed by atoms with Crippen LogP contribution in [0.15, 0.2) is 30.3 Å². The van der Waals surface area contributed by atoms with Crippen LogP contribution in [0.2, 0.25) is 0 Å². The van der Waals surface area contributed by atoms with Crippen LogP contribution in [-0.2, 0) is 4.79 Å². The SMILES string of the molecule is CC1CNC(=O)C(c2ccccc2)=[N+]1[O-]. The van der Waals surface area contributed by atoms with Crippen molar-refractivity contribution < 1.29 is 9.53 Å². The molecule has 1 aromatic carbocycles. The normalized spacial score (nSPS) is 21.4. The van der Waals surface area contributed by atoms with E-state index in [4.69, 9.17) is 0 Å². The monoisotopic (exact) mass is 204 g/mol. The fourth-order valence-electron chi connectivity index (χ4n) is 1.58. The first kappa shape index (κ1) is 9.71.